The summed E-state index contributed by atoms with van der Waals surface area (Å²) in [5.74, 6) is -1.95. The first-order valence-corrected chi connectivity index (χ1v) is 5.10. The summed E-state index contributed by atoms with van der Waals surface area (Å²) in [6.07, 6.45) is -3.98. The van der Waals surface area contributed by atoms with E-state index in [-0.39, 0.29) is 5.69 Å². The zero-order valence-corrected chi connectivity index (χ0v) is 9.14. The lowest BCUT2D eigenvalue weighted by Crippen LogP contribution is -2.29. The molecule has 1 aromatic rings. The molecule has 1 aliphatic rings. The Balaban J connectivity index is 2.19. The van der Waals surface area contributed by atoms with Crippen LogP contribution in [0.3, 0.4) is 0 Å². The smallest absolute Gasteiger partial charge is 0.374 e. The van der Waals surface area contributed by atoms with Gasteiger partial charge in [-0.15, -0.1) is 0 Å². The second-order valence-electron chi connectivity index (χ2n) is 3.97. The highest BCUT2D eigenvalue weighted by Gasteiger charge is 2.38. The molecule has 0 aliphatic carbocycles. The van der Waals surface area contributed by atoms with E-state index in [2.05, 4.69) is 0 Å². The van der Waals surface area contributed by atoms with Crippen LogP contribution in [0.2, 0.25) is 0 Å². The quantitative estimate of drug-likeness (QED) is 0.821. The third-order valence-corrected chi connectivity index (χ3v) is 2.73. The lowest BCUT2D eigenvalue weighted by Gasteiger charge is -2.14. The fraction of sp³-hybridized carbons (Fsp3) is 0.364. The van der Waals surface area contributed by atoms with Gasteiger partial charge in [-0.25, -0.2) is 0 Å². The average molecular weight is 244 g/mol. The predicted octanol–water partition coefficient (Wildman–Crippen LogP) is 2.18. The Bertz CT molecular complexity index is 457. The van der Waals surface area contributed by atoms with Gasteiger partial charge in [-0.2, -0.15) is 13.2 Å². The predicted molar refractivity (Wildman–Crippen MR) is 58.1 cm³/mol. The summed E-state index contributed by atoms with van der Waals surface area (Å²) in [6.45, 7) is 0.839. The van der Waals surface area contributed by atoms with Crippen molar-refractivity contribution in [1.29, 1.82) is 0 Å². The van der Waals surface area contributed by atoms with E-state index in [1.54, 1.807) is 12.1 Å². The minimum absolute atomic E-state index is 0.167. The first-order chi connectivity index (χ1) is 7.88. The van der Waals surface area contributed by atoms with Crippen molar-refractivity contribution in [1.82, 2.24) is 0 Å². The Morgan fingerprint density at radius 2 is 2.12 bits per heavy atom. The molecule has 0 saturated carbocycles. The summed E-state index contributed by atoms with van der Waals surface area (Å²) < 4.78 is 36.2. The van der Waals surface area contributed by atoms with Crippen molar-refractivity contribution in [3.63, 3.8) is 0 Å². The third-order valence-electron chi connectivity index (χ3n) is 2.73. The van der Waals surface area contributed by atoms with Crippen molar-refractivity contribution in [3.8, 4) is 0 Å². The number of likely N-dealkylation sites (N-methyl/N-ethyl adjacent to an activating group) is 1. The molecule has 1 amide bonds. The lowest BCUT2D eigenvalue weighted by atomic mass is 10.1. The molecule has 0 saturated heterocycles. The number of nitrogens with zero attached hydrogens (tertiary/aromatic N) is 1. The maximum atomic E-state index is 12.1. The van der Waals surface area contributed by atoms with E-state index >= 15 is 0 Å². The zero-order valence-electron chi connectivity index (χ0n) is 9.14. The largest absolute Gasteiger partial charge is 0.471 e. The maximum Gasteiger partial charge on any atom is 0.471 e. The molecule has 0 fully saturated rings. The van der Waals surface area contributed by atoms with Crippen LogP contribution in [0, 0.1) is 0 Å². The maximum absolute atomic E-state index is 12.1. The molecule has 1 heterocycles. The van der Waals surface area contributed by atoms with Gasteiger partial charge in [0.05, 0.1) is 0 Å². The average Bonchev–Trinajstić information content (AvgIpc) is 2.59. The van der Waals surface area contributed by atoms with Crippen LogP contribution in [0.25, 0.3) is 0 Å². The van der Waals surface area contributed by atoms with Crippen LogP contribution in [0.1, 0.15) is 5.56 Å². The monoisotopic (exact) mass is 244 g/mol. The lowest BCUT2D eigenvalue weighted by molar-refractivity contribution is -0.167. The number of nitrogens with one attached hydrogen (secondary N) is 1. The van der Waals surface area contributed by atoms with Crippen LogP contribution in [0.15, 0.2) is 18.2 Å². The third kappa shape index (κ3) is 2.35. The normalized spacial score (nSPS) is 14.7. The molecule has 1 aliphatic heterocycles. The summed E-state index contributed by atoms with van der Waals surface area (Å²) in [4.78, 5) is 12.7. The molecule has 17 heavy (non-hydrogen) atoms. The number of amides is 1. The van der Waals surface area contributed by atoms with Gasteiger partial charge in [-0.1, -0.05) is 6.07 Å². The van der Waals surface area contributed by atoms with Gasteiger partial charge in [0, 0.05) is 25.0 Å². The summed E-state index contributed by atoms with van der Waals surface area (Å²) in [5, 5.41) is 1.84. The summed E-state index contributed by atoms with van der Waals surface area (Å²) in [7, 11) is 1.86. The van der Waals surface area contributed by atoms with Gasteiger partial charge in [0.1, 0.15) is 0 Å². The van der Waals surface area contributed by atoms with Crippen molar-refractivity contribution in [3.05, 3.63) is 23.8 Å². The minimum Gasteiger partial charge on any atom is -0.374 e. The van der Waals surface area contributed by atoms with Crippen LogP contribution >= 0.6 is 0 Å². The summed E-state index contributed by atoms with van der Waals surface area (Å²) in [6, 6.07) is 4.79. The number of rotatable bonds is 1. The minimum atomic E-state index is -4.86. The van der Waals surface area contributed by atoms with Crippen molar-refractivity contribution >= 4 is 17.3 Å². The fourth-order valence-corrected chi connectivity index (χ4v) is 1.82. The van der Waals surface area contributed by atoms with Crippen LogP contribution in [-0.4, -0.2) is 25.7 Å². The Labute approximate surface area is 96.2 Å². The van der Waals surface area contributed by atoms with Gasteiger partial charge in [0.2, 0.25) is 0 Å². The van der Waals surface area contributed by atoms with E-state index in [0.717, 1.165) is 24.2 Å². The van der Waals surface area contributed by atoms with E-state index in [4.69, 9.17) is 0 Å². The number of fused-ring (bicyclic) bond motifs is 1. The van der Waals surface area contributed by atoms with E-state index in [0.29, 0.717) is 0 Å². The molecule has 1 N–H and O–H groups in total. The van der Waals surface area contributed by atoms with Gasteiger partial charge in [0.25, 0.3) is 0 Å². The van der Waals surface area contributed by atoms with E-state index in [9.17, 15) is 18.0 Å². The van der Waals surface area contributed by atoms with Crippen molar-refractivity contribution in [2.45, 2.75) is 12.6 Å². The molecule has 0 radical (unpaired) electrons. The molecule has 3 nitrogen and oxygen atoms in total. The number of anilines is 2. The molecule has 1 aromatic carbocycles. The summed E-state index contributed by atoms with van der Waals surface area (Å²) >= 11 is 0. The highest BCUT2D eigenvalue weighted by atomic mass is 19.4. The highest BCUT2D eigenvalue weighted by Crippen LogP contribution is 2.30. The number of benzene rings is 1. The first kappa shape index (κ1) is 11.8. The molecule has 0 bridgehead atoms. The zero-order chi connectivity index (χ0) is 12.6. The van der Waals surface area contributed by atoms with Gasteiger partial charge in [0.15, 0.2) is 0 Å². The second-order valence-corrected chi connectivity index (χ2v) is 3.97. The molecule has 0 atom stereocenters. The number of hydrogen-bond donors (Lipinski definition) is 1. The Kier molecular flexibility index (Phi) is 2.73. The molecule has 6 heteroatoms. The fourth-order valence-electron chi connectivity index (χ4n) is 1.82. The Hall–Kier alpha value is -1.72. The number of halogens is 3. The molecule has 0 unspecified atom stereocenters. The van der Waals surface area contributed by atoms with Crippen molar-refractivity contribution in [2.75, 3.05) is 23.8 Å². The van der Waals surface area contributed by atoms with E-state index in [1.807, 2.05) is 17.3 Å². The van der Waals surface area contributed by atoms with Gasteiger partial charge in [-0.3, -0.25) is 4.79 Å². The Morgan fingerprint density at radius 3 is 2.76 bits per heavy atom. The number of alkyl halides is 3. The van der Waals surface area contributed by atoms with Crippen molar-refractivity contribution < 1.29 is 18.0 Å². The summed E-state index contributed by atoms with van der Waals surface area (Å²) in [5.41, 5.74) is 2.11. The number of carbonyl (C=O) groups excluding carboxylic acids is 1. The topological polar surface area (TPSA) is 32.3 Å². The molecular weight excluding hydrogens is 233 g/mol. The van der Waals surface area contributed by atoms with Gasteiger partial charge >= 0.3 is 12.1 Å². The molecule has 92 valence electrons. The van der Waals surface area contributed by atoms with Crippen molar-refractivity contribution in [2.24, 2.45) is 0 Å². The molecule has 0 spiro atoms. The molecule has 2 rings (SSSR count). The standard InChI is InChI=1S/C11H11F3N2O/c1-16-5-4-7-2-3-8(6-9(7)16)15-10(17)11(12,13)14/h2-3,6H,4-5H2,1H3,(H,15,17). The molecular formula is C11H11F3N2O. The highest BCUT2D eigenvalue weighted by molar-refractivity contribution is 5.95. The van der Waals surface area contributed by atoms with Gasteiger partial charge in [-0.05, 0) is 24.1 Å². The van der Waals surface area contributed by atoms with Crippen LogP contribution in [0.5, 0.6) is 0 Å². The van der Waals surface area contributed by atoms with Crippen LogP contribution in [-0.2, 0) is 11.2 Å². The molecule has 0 aromatic heterocycles. The van der Waals surface area contributed by atoms with Crippen LogP contribution < -0.4 is 10.2 Å². The van der Waals surface area contributed by atoms with Gasteiger partial charge < -0.3 is 10.2 Å². The second kappa shape index (κ2) is 3.94. The van der Waals surface area contributed by atoms with E-state index < -0.39 is 12.1 Å². The van der Waals surface area contributed by atoms with E-state index in [1.165, 1.54) is 6.07 Å². The SMILES string of the molecule is CN1CCc2ccc(NC(=O)C(F)(F)F)cc21. The number of carbonyl (C=O) groups is 1. The number of hydrogen-bond acceptors (Lipinski definition) is 2. The first-order valence-electron chi connectivity index (χ1n) is 5.10. The van der Waals surface area contributed by atoms with Crippen LogP contribution in [0.4, 0.5) is 24.5 Å². The Morgan fingerprint density at radius 1 is 1.41 bits per heavy atom.